The molecule has 3 aromatic rings. The lowest BCUT2D eigenvalue weighted by atomic mass is 10.0. The van der Waals surface area contributed by atoms with Gasteiger partial charge in [-0.05, 0) is 54.6 Å². The van der Waals surface area contributed by atoms with E-state index in [9.17, 15) is 27.6 Å². The molecule has 10 heteroatoms. The van der Waals surface area contributed by atoms with Crippen molar-refractivity contribution in [2.24, 2.45) is 0 Å². The van der Waals surface area contributed by atoms with Crippen LogP contribution in [-0.4, -0.2) is 53.2 Å². The summed E-state index contributed by atoms with van der Waals surface area (Å²) in [5.74, 6) is -0.721. The summed E-state index contributed by atoms with van der Waals surface area (Å²) in [4.78, 5) is 42.0. The Bertz CT molecular complexity index is 1270. The van der Waals surface area contributed by atoms with Gasteiger partial charge in [-0.2, -0.15) is 13.2 Å². The first kappa shape index (κ1) is 21.7. The van der Waals surface area contributed by atoms with Gasteiger partial charge in [0, 0.05) is 24.2 Å². The van der Waals surface area contributed by atoms with Gasteiger partial charge in [-0.3, -0.25) is 14.4 Å². The number of fused-ring (bicyclic) bond motifs is 2. The lowest BCUT2D eigenvalue weighted by molar-refractivity contribution is -0.137. The number of anilines is 1. The van der Waals surface area contributed by atoms with Crippen molar-refractivity contribution in [2.45, 2.75) is 12.2 Å². The summed E-state index contributed by atoms with van der Waals surface area (Å²) >= 11 is 0. The Morgan fingerprint density at radius 2 is 1.79 bits per heavy atom. The molecule has 0 bridgehead atoms. The molecule has 3 heterocycles. The normalized spacial score (nSPS) is 18.1. The second-order valence-corrected chi connectivity index (χ2v) is 8.07. The Morgan fingerprint density at radius 1 is 1.03 bits per heavy atom. The zero-order valence-corrected chi connectivity index (χ0v) is 17.6. The number of carbonyl (C=O) groups excluding carboxylic acids is 3. The molecule has 1 aromatic heterocycles. The maximum atomic E-state index is 13.3. The second kappa shape index (κ2) is 8.05. The quantitative estimate of drug-likeness (QED) is 0.618. The molecule has 1 atom stereocenters. The van der Waals surface area contributed by atoms with E-state index in [1.54, 1.807) is 30.3 Å². The zero-order valence-electron chi connectivity index (χ0n) is 17.6. The highest BCUT2D eigenvalue weighted by atomic mass is 19.4. The average molecular weight is 469 g/mol. The van der Waals surface area contributed by atoms with E-state index in [-0.39, 0.29) is 31.1 Å². The van der Waals surface area contributed by atoms with Crippen molar-refractivity contribution in [3.63, 3.8) is 0 Å². The minimum absolute atomic E-state index is 0.0730. The van der Waals surface area contributed by atoms with Crippen LogP contribution in [0.5, 0.6) is 0 Å². The zero-order chi connectivity index (χ0) is 24.0. The third-order valence-corrected chi connectivity index (χ3v) is 6.00. The number of carbonyl (C=O) groups is 3. The van der Waals surface area contributed by atoms with Crippen molar-refractivity contribution in [1.29, 1.82) is 0 Å². The van der Waals surface area contributed by atoms with Gasteiger partial charge in [-0.1, -0.05) is 0 Å². The molecule has 174 valence electrons. The summed E-state index contributed by atoms with van der Waals surface area (Å²) in [6.07, 6.45) is -2.98. The van der Waals surface area contributed by atoms with E-state index in [2.05, 4.69) is 5.32 Å². The predicted molar refractivity (Wildman–Crippen MR) is 115 cm³/mol. The van der Waals surface area contributed by atoms with Crippen LogP contribution in [0.1, 0.15) is 26.3 Å². The van der Waals surface area contributed by atoms with Crippen molar-refractivity contribution >= 4 is 23.4 Å². The van der Waals surface area contributed by atoms with E-state index in [1.807, 2.05) is 0 Å². The van der Waals surface area contributed by atoms with Crippen LogP contribution in [0.3, 0.4) is 0 Å². The van der Waals surface area contributed by atoms with Gasteiger partial charge in [-0.25, -0.2) is 0 Å². The number of benzene rings is 2. The van der Waals surface area contributed by atoms with Gasteiger partial charge in [-0.15, -0.1) is 0 Å². The van der Waals surface area contributed by atoms with Crippen molar-refractivity contribution < 1.29 is 32.0 Å². The van der Waals surface area contributed by atoms with Crippen molar-refractivity contribution in [3.8, 4) is 11.3 Å². The first-order valence-electron chi connectivity index (χ1n) is 10.5. The summed E-state index contributed by atoms with van der Waals surface area (Å²) in [6, 6.07) is 11.5. The van der Waals surface area contributed by atoms with E-state index >= 15 is 0 Å². The van der Waals surface area contributed by atoms with E-state index in [0.717, 1.165) is 24.3 Å². The number of nitrogens with one attached hydrogen (secondary N) is 1. The Kier molecular flexibility index (Phi) is 5.15. The summed E-state index contributed by atoms with van der Waals surface area (Å²) in [7, 11) is 0. The van der Waals surface area contributed by atoms with Crippen molar-refractivity contribution in [3.05, 3.63) is 77.6 Å². The molecule has 0 spiro atoms. The molecule has 1 fully saturated rings. The summed E-state index contributed by atoms with van der Waals surface area (Å²) < 4.78 is 43.8. The lowest BCUT2D eigenvalue weighted by Gasteiger charge is -2.39. The Labute approximate surface area is 191 Å². The van der Waals surface area contributed by atoms with Gasteiger partial charge in [0.1, 0.15) is 11.8 Å². The number of halogens is 3. The van der Waals surface area contributed by atoms with Crippen LogP contribution in [0.25, 0.3) is 11.3 Å². The number of hydrogen-bond acceptors (Lipinski definition) is 4. The lowest BCUT2D eigenvalue weighted by Crippen LogP contribution is -2.59. The fraction of sp³-hybridized carbons (Fsp3) is 0.208. The van der Waals surface area contributed by atoms with E-state index < -0.39 is 29.6 Å². The predicted octanol–water partition coefficient (Wildman–Crippen LogP) is 3.88. The van der Waals surface area contributed by atoms with Gasteiger partial charge in [0.25, 0.3) is 11.8 Å². The first-order valence-corrected chi connectivity index (χ1v) is 10.5. The molecule has 3 amide bonds. The Hall–Kier alpha value is -4.08. The standard InChI is InChI=1S/C24H18F3N3O4/c25-24(26,27)16-6-3-14(4-7-16)22(32)29-9-10-30-19(13-29)21(31)28-18-8-5-15(12-17(18)23(30)33)20-2-1-11-34-20/h1-8,11-12,19H,9-10,13H2,(H,28,31). The van der Waals surface area contributed by atoms with Crippen LogP contribution < -0.4 is 5.32 Å². The Balaban J connectivity index is 1.38. The second-order valence-electron chi connectivity index (χ2n) is 8.07. The molecule has 1 unspecified atom stereocenters. The van der Waals surface area contributed by atoms with Gasteiger partial charge in [0.05, 0.1) is 29.6 Å². The van der Waals surface area contributed by atoms with Crippen molar-refractivity contribution in [1.82, 2.24) is 9.80 Å². The molecule has 1 N–H and O–H groups in total. The fourth-order valence-electron chi connectivity index (χ4n) is 4.22. The average Bonchev–Trinajstić information content (AvgIpc) is 3.34. The highest BCUT2D eigenvalue weighted by molar-refractivity contribution is 6.11. The van der Waals surface area contributed by atoms with Crippen LogP contribution in [0.15, 0.2) is 65.3 Å². The molecule has 34 heavy (non-hydrogen) atoms. The maximum Gasteiger partial charge on any atom is 0.416 e. The summed E-state index contributed by atoms with van der Waals surface area (Å²) in [5.41, 5.74) is 0.580. The molecule has 2 aliphatic heterocycles. The Morgan fingerprint density at radius 3 is 2.47 bits per heavy atom. The molecule has 2 aliphatic rings. The van der Waals surface area contributed by atoms with Crippen molar-refractivity contribution in [2.75, 3.05) is 25.0 Å². The fourth-order valence-corrected chi connectivity index (χ4v) is 4.22. The van der Waals surface area contributed by atoms with Crippen LogP contribution in [0, 0.1) is 0 Å². The number of hydrogen-bond donors (Lipinski definition) is 1. The third kappa shape index (κ3) is 3.81. The van der Waals surface area contributed by atoms with Crippen LogP contribution in [0.4, 0.5) is 18.9 Å². The van der Waals surface area contributed by atoms with E-state index in [1.165, 1.54) is 16.1 Å². The molecule has 7 nitrogen and oxygen atoms in total. The smallest absolute Gasteiger partial charge is 0.416 e. The molecular formula is C24H18F3N3O4. The number of alkyl halides is 3. The molecule has 0 aliphatic carbocycles. The summed E-state index contributed by atoms with van der Waals surface area (Å²) in [5, 5.41) is 2.75. The summed E-state index contributed by atoms with van der Waals surface area (Å²) in [6.45, 7) is 0.173. The number of rotatable bonds is 2. The minimum Gasteiger partial charge on any atom is -0.464 e. The monoisotopic (exact) mass is 469 g/mol. The SMILES string of the molecule is O=C1Nc2ccc(-c3ccco3)cc2C(=O)N2CCN(C(=O)c3ccc(C(F)(F)F)cc3)CC12. The van der Waals surface area contributed by atoms with Gasteiger partial charge < -0.3 is 19.5 Å². The highest BCUT2D eigenvalue weighted by Gasteiger charge is 2.41. The maximum absolute atomic E-state index is 13.3. The van der Waals surface area contributed by atoms with Crippen LogP contribution in [-0.2, 0) is 11.0 Å². The van der Waals surface area contributed by atoms with Crippen LogP contribution >= 0.6 is 0 Å². The molecular weight excluding hydrogens is 451 g/mol. The molecule has 0 radical (unpaired) electrons. The van der Waals surface area contributed by atoms with E-state index in [4.69, 9.17) is 4.42 Å². The van der Waals surface area contributed by atoms with Gasteiger partial charge in [0.15, 0.2) is 0 Å². The highest BCUT2D eigenvalue weighted by Crippen LogP contribution is 2.31. The van der Waals surface area contributed by atoms with Gasteiger partial charge >= 0.3 is 6.18 Å². The topological polar surface area (TPSA) is 82.9 Å². The third-order valence-electron chi connectivity index (χ3n) is 6.00. The number of piperazine rings is 1. The van der Waals surface area contributed by atoms with Gasteiger partial charge in [0.2, 0.25) is 5.91 Å². The first-order chi connectivity index (χ1) is 16.2. The number of nitrogens with zero attached hydrogens (tertiary/aromatic N) is 2. The molecule has 5 rings (SSSR count). The molecule has 0 saturated carbocycles. The number of amides is 3. The molecule has 2 aromatic carbocycles. The van der Waals surface area contributed by atoms with E-state index in [0.29, 0.717) is 22.6 Å². The largest absolute Gasteiger partial charge is 0.464 e. The number of furan rings is 1. The van der Waals surface area contributed by atoms with Crippen LogP contribution in [0.2, 0.25) is 0 Å². The molecule has 1 saturated heterocycles. The minimum atomic E-state index is -4.50.